The molecule has 6 heteroatoms. The van der Waals surface area contributed by atoms with E-state index in [2.05, 4.69) is 18.6 Å². The first-order valence-corrected chi connectivity index (χ1v) is 8.93. The smallest absolute Gasteiger partial charge is 0.240 e. The van der Waals surface area contributed by atoms with Crippen LogP contribution in [0.3, 0.4) is 0 Å². The summed E-state index contributed by atoms with van der Waals surface area (Å²) in [5.41, 5.74) is 7.30. The predicted molar refractivity (Wildman–Crippen MR) is 88.8 cm³/mol. The van der Waals surface area contributed by atoms with Gasteiger partial charge in [0, 0.05) is 11.6 Å². The Kier molecular flexibility index (Phi) is 4.42. The number of benzene rings is 1. The van der Waals surface area contributed by atoms with Crippen molar-refractivity contribution < 1.29 is 8.42 Å². The average Bonchev–Trinajstić information content (AvgIpc) is 2.67. The van der Waals surface area contributed by atoms with Crippen LogP contribution < -0.4 is 10.5 Å². The number of nitrogens with two attached hydrogens (primary N) is 1. The molecule has 0 bridgehead atoms. The second kappa shape index (κ2) is 5.66. The quantitative estimate of drug-likeness (QED) is 0.834. The van der Waals surface area contributed by atoms with Gasteiger partial charge in [-0.05, 0) is 49.3 Å². The Hall–Kier alpha value is -0.980. The Morgan fingerprint density at radius 2 is 2.10 bits per heavy atom. The van der Waals surface area contributed by atoms with Gasteiger partial charge in [-0.2, -0.15) is 0 Å². The van der Waals surface area contributed by atoms with Crippen LogP contribution in [0.5, 0.6) is 0 Å². The molecule has 1 saturated carbocycles. The molecule has 2 rings (SSSR count). The van der Waals surface area contributed by atoms with Crippen molar-refractivity contribution in [1.29, 1.82) is 0 Å². The summed E-state index contributed by atoms with van der Waals surface area (Å²) in [4.78, 5) is 0.548. The molecular formula is C15H22N2O2S2. The molecule has 1 aliphatic carbocycles. The predicted octanol–water partition coefficient (Wildman–Crippen LogP) is 2.49. The van der Waals surface area contributed by atoms with Crippen LogP contribution >= 0.6 is 12.2 Å². The monoisotopic (exact) mass is 326 g/mol. The van der Waals surface area contributed by atoms with Crippen molar-refractivity contribution in [2.75, 3.05) is 0 Å². The van der Waals surface area contributed by atoms with Gasteiger partial charge in [0.25, 0.3) is 0 Å². The Balaban J connectivity index is 2.20. The molecule has 1 aliphatic rings. The van der Waals surface area contributed by atoms with Gasteiger partial charge in [0.15, 0.2) is 0 Å². The molecule has 3 N–H and O–H groups in total. The molecule has 1 aromatic rings. The Morgan fingerprint density at radius 1 is 1.43 bits per heavy atom. The maximum Gasteiger partial charge on any atom is 0.240 e. The number of rotatable bonds is 4. The maximum atomic E-state index is 12.5. The fraction of sp³-hybridized carbons (Fsp3) is 0.533. The van der Waals surface area contributed by atoms with Crippen LogP contribution in [-0.4, -0.2) is 19.4 Å². The number of sulfonamides is 1. The molecule has 0 heterocycles. The summed E-state index contributed by atoms with van der Waals surface area (Å²) in [5, 5.41) is 0. The van der Waals surface area contributed by atoms with Crippen LogP contribution in [0.15, 0.2) is 23.1 Å². The molecule has 116 valence electrons. The summed E-state index contributed by atoms with van der Waals surface area (Å²) in [6.45, 7) is 6.15. The third-order valence-electron chi connectivity index (χ3n) is 4.06. The molecule has 0 saturated heterocycles. The molecule has 1 atom stereocenters. The van der Waals surface area contributed by atoms with Gasteiger partial charge < -0.3 is 5.73 Å². The third kappa shape index (κ3) is 3.81. The number of hydrogen-bond donors (Lipinski definition) is 2. The lowest BCUT2D eigenvalue weighted by Gasteiger charge is -2.18. The molecule has 0 radical (unpaired) electrons. The van der Waals surface area contributed by atoms with E-state index in [1.54, 1.807) is 18.2 Å². The molecule has 1 fully saturated rings. The Morgan fingerprint density at radius 3 is 2.57 bits per heavy atom. The van der Waals surface area contributed by atoms with Crippen LogP contribution in [0.25, 0.3) is 0 Å². The van der Waals surface area contributed by atoms with Gasteiger partial charge in [-0.15, -0.1) is 0 Å². The zero-order valence-electron chi connectivity index (χ0n) is 12.6. The van der Waals surface area contributed by atoms with Crippen LogP contribution in [0, 0.1) is 12.3 Å². The molecule has 0 amide bonds. The van der Waals surface area contributed by atoms with E-state index in [1.165, 1.54) is 0 Å². The fourth-order valence-electron chi connectivity index (χ4n) is 2.90. The number of hydrogen-bond acceptors (Lipinski definition) is 3. The second-order valence-electron chi connectivity index (χ2n) is 6.57. The van der Waals surface area contributed by atoms with E-state index in [0.29, 0.717) is 5.56 Å². The van der Waals surface area contributed by atoms with Gasteiger partial charge in [-0.1, -0.05) is 32.1 Å². The minimum atomic E-state index is -3.49. The molecule has 0 spiro atoms. The van der Waals surface area contributed by atoms with Gasteiger partial charge in [-0.3, -0.25) is 0 Å². The van der Waals surface area contributed by atoms with Crippen molar-refractivity contribution in [3.05, 3.63) is 29.3 Å². The summed E-state index contributed by atoms with van der Waals surface area (Å²) in [7, 11) is -3.49. The number of thiocarbonyl (C=S) groups is 1. The van der Waals surface area contributed by atoms with E-state index in [1.807, 2.05) is 6.92 Å². The van der Waals surface area contributed by atoms with Crippen LogP contribution in [0.1, 0.15) is 44.2 Å². The summed E-state index contributed by atoms with van der Waals surface area (Å²) in [6, 6.07) is 4.87. The topological polar surface area (TPSA) is 72.2 Å². The van der Waals surface area contributed by atoms with Gasteiger partial charge in [0.1, 0.15) is 4.99 Å². The standard InChI is InChI=1S/C15H22N2O2S2/c1-10-8-12(4-5-13(10)14(16)20)21(18,19)17-11-6-7-15(2,3)9-11/h4-5,8,11,17H,6-7,9H2,1-3H3,(H2,16,20). The first-order chi connectivity index (χ1) is 9.61. The van der Waals surface area contributed by atoms with E-state index in [-0.39, 0.29) is 21.3 Å². The van der Waals surface area contributed by atoms with Gasteiger partial charge in [-0.25, -0.2) is 13.1 Å². The van der Waals surface area contributed by atoms with Gasteiger partial charge in [0.2, 0.25) is 10.0 Å². The SMILES string of the molecule is Cc1cc(S(=O)(=O)NC2CCC(C)(C)C2)ccc1C(N)=S. The van der Waals surface area contributed by atoms with E-state index >= 15 is 0 Å². The molecule has 1 unspecified atom stereocenters. The zero-order valence-corrected chi connectivity index (χ0v) is 14.3. The molecule has 0 aliphatic heterocycles. The van der Waals surface area contributed by atoms with Gasteiger partial charge in [0.05, 0.1) is 4.90 Å². The first kappa shape index (κ1) is 16.4. The minimum Gasteiger partial charge on any atom is -0.389 e. The minimum absolute atomic E-state index is 0.0144. The first-order valence-electron chi connectivity index (χ1n) is 7.03. The maximum absolute atomic E-state index is 12.5. The van der Waals surface area contributed by atoms with E-state index in [4.69, 9.17) is 18.0 Å². The normalized spacial score (nSPS) is 21.4. The number of nitrogens with one attached hydrogen (secondary N) is 1. The highest BCUT2D eigenvalue weighted by molar-refractivity contribution is 7.89. The zero-order chi connectivity index (χ0) is 15.8. The summed E-state index contributed by atoms with van der Waals surface area (Å²) in [6.07, 6.45) is 2.80. The van der Waals surface area contributed by atoms with Crippen molar-refractivity contribution in [3.8, 4) is 0 Å². The van der Waals surface area contributed by atoms with Gasteiger partial charge >= 0.3 is 0 Å². The highest BCUT2D eigenvalue weighted by Crippen LogP contribution is 2.37. The van der Waals surface area contributed by atoms with Crippen LogP contribution in [0.2, 0.25) is 0 Å². The third-order valence-corrected chi connectivity index (χ3v) is 5.80. The molecule has 21 heavy (non-hydrogen) atoms. The van der Waals surface area contributed by atoms with Crippen molar-refractivity contribution in [3.63, 3.8) is 0 Å². The summed E-state index contributed by atoms with van der Waals surface area (Å²) >= 11 is 4.94. The van der Waals surface area contributed by atoms with E-state index in [9.17, 15) is 8.42 Å². The van der Waals surface area contributed by atoms with Crippen molar-refractivity contribution in [2.24, 2.45) is 11.1 Å². The lowest BCUT2D eigenvalue weighted by atomic mass is 9.92. The summed E-state index contributed by atoms with van der Waals surface area (Å²) in [5.74, 6) is 0. The largest absolute Gasteiger partial charge is 0.389 e. The Bertz CT molecular complexity index is 666. The molecule has 0 aromatic heterocycles. The molecular weight excluding hydrogens is 304 g/mol. The lowest BCUT2D eigenvalue weighted by molar-refractivity contribution is 0.372. The van der Waals surface area contributed by atoms with Crippen molar-refractivity contribution >= 4 is 27.2 Å². The highest BCUT2D eigenvalue weighted by Gasteiger charge is 2.33. The van der Waals surface area contributed by atoms with E-state index in [0.717, 1.165) is 24.8 Å². The van der Waals surface area contributed by atoms with Crippen molar-refractivity contribution in [1.82, 2.24) is 4.72 Å². The number of aryl methyl sites for hydroxylation is 1. The van der Waals surface area contributed by atoms with Crippen LogP contribution in [0.4, 0.5) is 0 Å². The fourth-order valence-corrected chi connectivity index (χ4v) is 4.49. The van der Waals surface area contributed by atoms with E-state index < -0.39 is 10.0 Å². The van der Waals surface area contributed by atoms with Crippen molar-refractivity contribution in [2.45, 2.75) is 51.0 Å². The molecule has 4 nitrogen and oxygen atoms in total. The second-order valence-corrected chi connectivity index (χ2v) is 8.72. The highest BCUT2D eigenvalue weighted by atomic mass is 32.2. The summed E-state index contributed by atoms with van der Waals surface area (Å²) < 4.78 is 27.7. The average molecular weight is 326 g/mol. The Labute approximate surface area is 132 Å². The molecule has 1 aromatic carbocycles. The van der Waals surface area contributed by atoms with Crippen LogP contribution in [-0.2, 0) is 10.0 Å². The lowest BCUT2D eigenvalue weighted by Crippen LogP contribution is -2.33.